The Morgan fingerprint density at radius 2 is 2.17 bits per heavy atom. The van der Waals surface area contributed by atoms with Gasteiger partial charge in [0.15, 0.2) is 0 Å². The first-order valence-electron chi connectivity index (χ1n) is 6.36. The van der Waals surface area contributed by atoms with Gasteiger partial charge in [0, 0.05) is 31.9 Å². The summed E-state index contributed by atoms with van der Waals surface area (Å²) < 4.78 is 28.8. The lowest BCUT2D eigenvalue weighted by Crippen LogP contribution is -2.57. The second-order valence-electron chi connectivity index (χ2n) is 5.30. The smallest absolute Gasteiger partial charge is 0.297 e. The van der Waals surface area contributed by atoms with E-state index in [1.807, 2.05) is 13.8 Å². The summed E-state index contributed by atoms with van der Waals surface area (Å²) in [4.78, 5) is 8.02. The van der Waals surface area contributed by atoms with Crippen molar-refractivity contribution in [2.45, 2.75) is 31.9 Å². The molecular weight excluding hydrogens is 236 g/mol. The first-order valence-corrected chi connectivity index (χ1v) is 6.36. The molecule has 0 amide bonds. The fourth-order valence-corrected chi connectivity index (χ4v) is 2.90. The van der Waals surface area contributed by atoms with Crippen molar-refractivity contribution in [2.75, 3.05) is 24.5 Å². The highest BCUT2D eigenvalue weighted by molar-refractivity contribution is 5.57. The van der Waals surface area contributed by atoms with Crippen molar-refractivity contribution in [1.82, 2.24) is 9.88 Å². The standard InChI is InChI=1S/C13H17F2N3/c1-9(2)17-6-7-18-11(8-17)13(14,15)10-4-3-5-16-12(10)18/h3-5,9,11H,6-8H2,1-2H3/t11-/m0/s1. The molecular formula is C13H17F2N3. The number of nitrogens with zero attached hydrogens (tertiary/aromatic N) is 3. The number of pyridine rings is 1. The third-order valence-corrected chi connectivity index (χ3v) is 3.98. The Hall–Kier alpha value is -1.23. The fraction of sp³-hybridized carbons (Fsp3) is 0.615. The van der Waals surface area contributed by atoms with Crippen LogP contribution < -0.4 is 4.90 Å². The van der Waals surface area contributed by atoms with E-state index in [2.05, 4.69) is 9.88 Å². The zero-order valence-electron chi connectivity index (χ0n) is 10.6. The summed E-state index contributed by atoms with van der Waals surface area (Å²) in [6, 6.07) is 2.63. The molecule has 1 atom stereocenters. The van der Waals surface area contributed by atoms with E-state index >= 15 is 0 Å². The first-order chi connectivity index (χ1) is 8.51. The number of halogens is 2. The van der Waals surface area contributed by atoms with Crippen LogP contribution in [-0.4, -0.2) is 41.6 Å². The average molecular weight is 253 g/mol. The Labute approximate surface area is 105 Å². The lowest BCUT2D eigenvalue weighted by Gasteiger charge is -2.41. The van der Waals surface area contributed by atoms with Gasteiger partial charge in [-0.3, -0.25) is 4.90 Å². The third kappa shape index (κ3) is 1.53. The predicted molar refractivity (Wildman–Crippen MR) is 66.0 cm³/mol. The highest BCUT2D eigenvalue weighted by Crippen LogP contribution is 2.47. The summed E-state index contributed by atoms with van der Waals surface area (Å²) in [5.41, 5.74) is 0.0839. The summed E-state index contributed by atoms with van der Waals surface area (Å²) in [5, 5.41) is 0. The van der Waals surface area contributed by atoms with Crippen molar-refractivity contribution in [1.29, 1.82) is 0 Å². The SMILES string of the molecule is CC(C)N1CCN2c3ncccc3C(F)(F)[C@@H]2C1. The Balaban J connectivity index is 1.97. The van der Waals surface area contributed by atoms with Crippen molar-refractivity contribution in [3.8, 4) is 0 Å². The van der Waals surface area contributed by atoms with Crippen LogP contribution in [0.25, 0.3) is 0 Å². The maximum absolute atomic E-state index is 14.4. The second kappa shape index (κ2) is 3.88. The molecule has 0 aliphatic carbocycles. The molecule has 3 heterocycles. The monoisotopic (exact) mass is 253 g/mol. The topological polar surface area (TPSA) is 19.4 Å². The van der Waals surface area contributed by atoms with Gasteiger partial charge in [-0.2, -0.15) is 8.78 Å². The minimum absolute atomic E-state index is 0.0839. The molecule has 5 heteroatoms. The largest absolute Gasteiger partial charge is 0.344 e. The number of alkyl halides is 2. The molecule has 3 rings (SSSR count). The minimum atomic E-state index is -2.79. The van der Waals surface area contributed by atoms with Crippen molar-refractivity contribution in [3.63, 3.8) is 0 Å². The van der Waals surface area contributed by atoms with Gasteiger partial charge in [-0.25, -0.2) is 4.98 Å². The Morgan fingerprint density at radius 1 is 1.39 bits per heavy atom. The molecule has 0 radical (unpaired) electrons. The average Bonchev–Trinajstić information content (AvgIpc) is 2.59. The molecule has 0 aromatic carbocycles. The van der Waals surface area contributed by atoms with Gasteiger partial charge in [-0.1, -0.05) is 0 Å². The lowest BCUT2D eigenvalue weighted by atomic mass is 10.0. The molecule has 0 saturated carbocycles. The molecule has 0 spiro atoms. The molecule has 1 fully saturated rings. The molecule has 0 bridgehead atoms. The van der Waals surface area contributed by atoms with Crippen LogP contribution in [0, 0.1) is 0 Å². The Morgan fingerprint density at radius 3 is 2.89 bits per heavy atom. The molecule has 2 aliphatic rings. The zero-order valence-corrected chi connectivity index (χ0v) is 10.6. The number of piperazine rings is 1. The van der Waals surface area contributed by atoms with E-state index in [1.54, 1.807) is 17.2 Å². The summed E-state index contributed by atoms with van der Waals surface area (Å²) in [5.74, 6) is -2.33. The van der Waals surface area contributed by atoms with E-state index in [4.69, 9.17) is 0 Å². The van der Waals surface area contributed by atoms with Gasteiger partial charge in [0.1, 0.15) is 11.9 Å². The molecule has 2 aliphatic heterocycles. The van der Waals surface area contributed by atoms with Crippen molar-refractivity contribution in [3.05, 3.63) is 23.9 Å². The van der Waals surface area contributed by atoms with E-state index in [9.17, 15) is 8.78 Å². The number of rotatable bonds is 1. The number of aromatic nitrogens is 1. The van der Waals surface area contributed by atoms with Crippen molar-refractivity contribution < 1.29 is 8.78 Å². The van der Waals surface area contributed by atoms with E-state index in [-0.39, 0.29) is 5.56 Å². The number of anilines is 1. The number of fused-ring (bicyclic) bond motifs is 3. The molecule has 3 nitrogen and oxygen atoms in total. The summed E-state index contributed by atoms with van der Waals surface area (Å²) >= 11 is 0. The molecule has 98 valence electrons. The van der Waals surface area contributed by atoms with Crippen LogP contribution in [0.3, 0.4) is 0 Å². The lowest BCUT2D eigenvalue weighted by molar-refractivity contribution is -0.0414. The molecule has 1 aromatic rings. The quantitative estimate of drug-likeness (QED) is 0.764. The molecule has 0 unspecified atom stereocenters. The molecule has 1 aromatic heterocycles. The van der Waals surface area contributed by atoms with Crippen molar-refractivity contribution >= 4 is 5.82 Å². The van der Waals surface area contributed by atoms with Crippen LogP contribution in [0.15, 0.2) is 18.3 Å². The van der Waals surface area contributed by atoms with E-state index in [1.165, 1.54) is 6.07 Å². The van der Waals surface area contributed by atoms with E-state index < -0.39 is 12.0 Å². The third-order valence-electron chi connectivity index (χ3n) is 3.98. The van der Waals surface area contributed by atoms with Gasteiger partial charge < -0.3 is 4.90 Å². The zero-order chi connectivity index (χ0) is 12.9. The summed E-state index contributed by atoms with van der Waals surface area (Å²) in [7, 11) is 0. The maximum Gasteiger partial charge on any atom is 0.297 e. The van der Waals surface area contributed by atoms with Crippen LogP contribution in [0.1, 0.15) is 19.4 Å². The van der Waals surface area contributed by atoms with Gasteiger partial charge in [0.05, 0.1) is 5.56 Å². The van der Waals surface area contributed by atoms with Gasteiger partial charge in [0.25, 0.3) is 5.92 Å². The minimum Gasteiger partial charge on any atom is -0.344 e. The second-order valence-corrected chi connectivity index (χ2v) is 5.30. The van der Waals surface area contributed by atoms with Gasteiger partial charge in [0.2, 0.25) is 0 Å². The number of hydrogen-bond donors (Lipinski definition) is 0. The van der Waals surface area contributed by atoms with Gasteiger partial charge in [-0.05, 0) is 26.0 Å². The Bertz CT molecular complexity index is 461. The van der Waals surface area contributed by atoms with E-state index in [0.29, 0.717) is 24.9 Å². The molecule has 18 heavy (non-hydrogen) atoms. The fourth-order valence-electron chi connectivity index (χ4n) is 2.90. The van der Waals surface area contributed by atoms with Crippen LogP contribution in [0.2, 0.25) is 0 Å². The van der Waals surface area contributed by atoms with Crippen LogP contribution >= 0.6 is 0 Å². The van der Waals surface area contributed by atoms with Crippen LogP contribution in [0.4, 0.5) is 14.6 Å². The first kappa shape index (κ1) is 11.8. The van der Waals surface area contributed by atoms with E-state index in [0.717, 1.165) is 6.54 Å². The highest BCUT2D eigenvalue weighted by atomic mass is 19.3. The van der Waals surface area contributed by atoms with Crippen LogP contribution in [0.5, 0.6) is 0 Å². The summed E-state index contributed by atoms with van der Waals surface area (Å²) in [6.45, 7) is 5.95. The van der Waals surface area contributed by atoms with Crippen LogP contribution in [-0.2, 0) is 5.92 Å². The molecule has 1 saturated heterocycles. The summed E-state index contributed by atoms with van der Waals surface area (Å²) in [6.07, 6.45) is 1.59. The normalized spacial score (nSPS) is 26.3. The van der Waals surface area contributed by atoms with Gasteiger partial charge in [-0.15, -0.1) is 0 Å². The Kier molecular flexibility index (Phi) is 2.55. The predicted octanol–water partition coefficient (Wildman–Crippen LogP) is 2.09. The number of hydrogen-bond acceptors (Lipinski definition) is 3. The highest BCUT2D eigenvalue weighted by Gasteiger charge is 2.55. The molecule has 0 N–H and O–H groups in total. The van der Waals surface area contributed by atoms with Gasteiger partial charge >= 0.3 is 0 Å². The van der Waals surface area contributed by atoms with Crippen molar-refractivity contribution in [2.24, 2.45) is 0 Å². The maximum atomic E-state index is 14.4.